The average Bonchev–Trinajstić information content (AvgIpc) is 3.68. The van der Waals surface area contributed by atoms with Gasteiger partial charge in [0.15, 0.2) is 0 Å². The van der Waals surface area contributed by atoms with E-state index in [1.165, 1.54) is 95.4 Å². The highest BCUT2D eigenvalue weighted by molar-refractivity contribution is 6.02. The second-order valence-corrected chi connectivity index (χ2v) is 16.6. The van der Waals surface area contributed by atoms with E-state index in [2.05, 4.69) is 226 Å². The summed E-state index contributed by atoms with van der Waals surface area (Å²) in [7, 11) is 0. The molecule has 0 nitrogen and oxygen atoms in total. The topological polar surface area (TPSA) is 0 Å². The molecule has 0 aromatic heterocycles. The monoisotopic (exact) mass is 780 g/mol. The van der Waals surface area contributed by atoms with E-state index >= 15 is 0 Å². The maximum absolute atomic E-state index is 3.48. The third-order valence-electron chi connectivity index (χ3n) is 13.0. The molecule has 0 saturated heterocycles. The molecule has 0 heteroatoms. The fourth-order valence-electron chi connectivity index (χ4n) is 9.87. The van der Waals surface area contributed by atoms with Crippen molar-refractivity contribution in [2.45, 2.75) is 32.6 Å². The van der Waals surface area contributed by atoms with Gasteiger partial charge >= 0.3 is 0 Å². The predicted molar refractivity (Wildman–Crippen MR) is 259 cm³/mol. The maximum Gasteiger partial charge on any atom is -0.00990 e. The van der Waals surface area contributed by atoms with Gasteiger partial charge in [0.25, 0.3) is 0 Å². The highest BCUT2D eigenvalue weighted by atomic mass is 14.4. The zero-order chi connectivity index (χ0) is 41.1. The van der Waals surface area contributed by atoms with Crippen molar-refractivity contribution in [2.24, 2.45) is 5.92 Å². The summed E-state index contributed by atoms with van der Waals surface area (Å²) in [4.78, 5) is 0. The van der Waals surface area contributed by atoms with Crippen LogP contribution in [0.2, 0.25) is 0 Å². The fraction of sp³-hybridized carbons (Fsp3) is 0.0984. The number of hydrogen-bond donors (Lipinski definition) is 0. The van der Waals surface area contributed by atoms with Crippen molar-refractivity contribution in [3.8, 4) is 89.0 Å². The molecule has 9 aromatic carbocycles. The van der Waals surface area contributed by atoms with Crippen LogP contribution in [0.25, 0.3) is 89.0 Å². The van der Waals surface area contributed by atoms with Crippen LogP contribution in [-0.4, -0.2) is 0 Å². The molecular formula is C61H48. The first-order valence-corrected chi connectivity index (χ1v) is 21.7. The van der Waals surface area contributed by atoms with Gasteiger partial charge in [-0.25, -0.2) is 0 Å². The normalized spacial score (nSPS) is 15.2. The Hall–Kier alpha value is -7.02. The molecule has 0 bridgehead atoms. The standard InChI is InChI=1S/C61H48/c1-42-40-45(41-43(42)2)47-25-7-9-27-49(47)51-29-11-13-31-53(51)55-33-15-17-35-57(55)59-37-19-21-39-61(59)60-38-20-18-36-58(60)56-34-16-14-32-54(56)52-30-12-10-28-50(52)48-26-8-6-24-46(48)44-22-4-3-5-23-44/h3-22,24-39,42,45H,40-41H2,1-2H3. The molecule has 2 radical (unpaired) electrons. The minimum absolute atomic E-state index is 0.540. The molecule has 1 aliphatic carbocycles. The summed E-state index contributed by atoms with van der Waals surface area (Å²) in [6.07, 6.45) is 2.38. The Balaban J connectivity index is 1.10. The molecule has 0 spiro atoms. The lowest BCUT2D eigenvalue weighted by Crippen LogP contribution is -1.98. The molecule has 0 heterocycles. The summed E-state index contributed by atoms with van der Waals surface area (Å²) >= 11 is 0. The van der Waals surface area contributed by atoms with Gasteiger partial charge in [-0.1, -0.05) is 232 Å². The van der Waals surface area contributed by atoms with Gasteiger partial charge in [-0.3, -0.25) is 0 Å². The molecule has 0 N–H and O–H groups in total. The molecule has 2 unspecified atom stereocenters. The van der Waals surface area contributed by atoms with E-state index in [0.717, 1.165) is 12.0 Å². The van der Waals surface area contributed by atoms with Gasteiger partial charge in [0.1, 0.15) is 0 Å². The van der Waals surface area contributed by atoms with Gasteiger partial charge in [0, 0.05) is 0 Å². The second-order valence-electron chi connectivity index (χ2n) is 16.6. The first-order valence-electron chi connectivity index (χ1n) is 21.7. The second kappa shape index (κ2) is 16.9. The highest BCUT2D eigenvalue weighted by Crippen LogP contribution is 2.49. The van der Waals surface area contributed by atoms with Crippen molar-refractivity contribution in [2.75, 3.05) is 0 Å². The summed E-state index contributed by atoms with van der Waals surface area (Å²) in [5.41, 5.74) is 20.9. The SMILES string of the molecule is C[C]1CC(c2ccccc2-c2ccccc2-c2ccccc2-c2ccccc2-c2ccccc2-c2ccccc2-c2ccccc2-c2ccccc2-c2[c]cccc2)CC1C. The van der Waals surface area contributed by atoms with Crippen molar-refractivity contribution in [3.63, 3.8) is 0 Å². The van der Waals surface area contributed by atoms with Crippen molar-refractivity contribution in [1.82, 2.24) is 0 Å². The van der Waals surface area contributed by atoms with E-state index in [1.807, 2.05) is 12.1 Å². The number of hydrogen-bond acceptors (Lipinski definition) is 0. The fourth-order valence-corrected chi connectivity index (χ4v) is 9.87. The third kappa shape index (κ3) is 7.34. The quantitative estimate of drug-likeness (QED) is 0.137. The van der Waals surface area contributed by atoms with Crippen molar-refractivity contribution in [1.29, 1.82) is 0 Å². The number of benzene rings is 9. The third-order valence-corrected chi connectivity index (χ3v) is 13.0. The van der Waals surface area contributed by atoms with Crippen molar-refractivity contribution < 1.29 is 0 Å². The Kier molecular flexibility index (Phi) is 10.6. The highest BCUT2D eigenvalue weighted by Gasteiger charge is 2.31. The van der Waals surface area contributed by atoms with Crippen LogP contribution in [0.5, 0.6) is 0 Å². The van der Waals surface area contributed by atoms with Crippen molar-refractivity contribution in [3.05, 3.63) is 236 Å². The van der Waals surface area contributed by atoms with Gasteiger partial charge in [-0.15, -0.1) is 0 Å². The Morgan fingerprint density at radius 3 is 0.918 bits per heavy atom. The van der Waals surface area contributed by atoms with Crippen LogP contribution in [0, 0.1) is 17.9 Å². The smallest absolute Gasteiger partial charge is 0.00990 e. The maximum atomic E-state index is 3.48. The van der Waals surface area contributed by atoms with Crippen LogP contribution < -0.4 is 0 Å². The van der Waals surface area contributed by atoms with Gasteiger partial charge in [-0.05, 0) is 131 Å². The summed E-state index contributed by atoms with van der Waals surface area (Å²) in [6, 6.07) is 83.3. The molecular weight excluding hydrogens is 733 g/mol. The lowest BCUT2D eigenvalue weighted by molar-refractivity contribution is 0.616. The van der Waals surface area contributed by atoms with Crippen LogP contribution in [0.3, 0.4) is 0 Å². The molecule has 0 aliphatic heterocycles. The zero-order valence-electron chi connectivity index (χ0n) is 34.9. The summed E-state index contributed by atoms with van der Waals surface area (Å²) in [5.74, 6) is 2.82. The first kappa shape index (κ1) is 38.2. The molecule has 0 amide bonds. The molecule has 1 fully saturated rings. The molecule has 9 aromatic rings. The average molecular weight is 781 g/mol. The van der Waals surface area contributed by atoms with Crippen LogP contribution in [-0.2, 0) is 0 Å². The van der Waals surface area contributed by atoms with Gasteiger partial charge in [0.2, 0.25) is 0 Å². The minimum atomic E-state index is 0.540. The Labute approximate surface area is 361 Å². The Morgan fingerprint density at radius 2 is 0.607 bits per heavy atom. The van der Waals surface area contributed by atoms with Gasteiger partial charge in [-0.2, -0.15) is 0 Å². The van der Waals surface area contributed by atoms with E-state index < -0.39 is 0 Å². The minimum Gasteiger partial charge on any atom is -0.0619 e. The molecule has 1 aliphatic rings. The first-order chi connectivity index (χ1) is 30.1. The predicted octanol–water partition coefficient (Wildman–Crippen LogP) is 16.9. The van der Waals surface area contributed by atoms with E-state index in [1.54, 1.807) is 5.92 Å². The lowest BCUT2D eigenvalue weighted by Gasteiger charge is -2.21. The molecule has 292 valence electrons. The van der Waals surface area contributed by atoms with Crippen LogP contribution in [0.15, 0.2) is 218 Å². The Morgan fingerprint density at radius 1 is 0.328 bits per heavy atom. The van der Waals surface area contributed by atoms with Gasteiger partial charge in [0.05, 0.1) is 0 Å². The van der Waals surface area contributed by atoms with E-state index in [9.17, 15) is 0 Å². The number of rotatable bonds is 9. The molecule has 2 atom stereocenters. The Bertz CT molecular complexity index is 2960. The van der Waals surface area contributed by atoms with Crippen molar-refractivity contribution >= 4 is 0 Å². The van der Waals surface area contributed by atoms with E-state index in [0.29, 0.717) is 11.8 Å². The van der Waals surface area contributed by atoms with E-state index in [-0.39, 0.29) is 0 Å². The largest absolute Gasteiger partial charge is 0.0619 e. The van der Waals surface area contributed by atoms with Crippen LogP contribution in [0.4, 0.5) is 0 Å². The van der Waals surface area contributed by atoms with E-state index in [4.69, 9.17) is 0 Å². The zero-order valence-corrected chi connectivity index (χ0v) is 34.9. The summed E-state index contributed by atoms with van der Waals surface area (Å²) in [6.45, 7) is 4.73. The summed E-state index contributed by atoms with van der Waals surface area (Å²) in [5, 5.41) is 0. The molecule has 1 saturated carbocycles. The van der Waals surface area contributed by atoms with Crippen LogP contribution >= 0.6 is 0 Å². The molecule has 61 heavy (non-hydrogen) atoms. The van der Waals surface area contributed by atoms with Crippen LogP contribution in [0.1, 0.15) is 38.2 Å². The van der Waals surface area contributed by atoms with Gasteiger partial charge < -0.3 is 0 Å². The summed E-state index contributed by atoms with van der Waals surface area (Å²) < 4.78 is 0. The molecule has 10 rings (SSSR count). The lowest BCUT2D eigenvalue weighted by atomic mass is 9.82.